The van der Waals surface area contributed by atoms with Gasteiger partial charge in [0.2, 0.25) is 94.5 Å². The lowest BCUT2D eigenvalue weighted by atomic mass is 10.00. The fourth-order valence-corrected chi connectivity index (χ4v) is 16.8. The number of primary amides is 1. The number of nitrogens with one attached hydrogen (secondary N) is 15. The Morgan fingerprint density at radius 2 is 1.17 bits per heavy atom. The highest BCUT2D eigenvalue weighted by atomic mass is 32.2. The van der Waals surface area contributed by atoms with Crippen LogP contribution >= 0.6 is 11.8 Å². The van der Waals surface area contributed by atoms with E-state index in [0.29, 0.717) is 53.5 Å². The van der Waals surface area contributed by atoms with Gasteiger partial charge in [0.15, 0.2) is 5.96 Å². The van der Waals surface area contributed by atoms with Crippen molar-refractivity contribution in [3.63, 3.8) is 0 Å². The zero-order valence-corrected chi connectivity index (χ0v) is 77.4. The number of aromatic nitrogens is 5. The Labute approximate surface area is 775 Å². The molecule has 43 nitrogen and oxygen atoms in total. The number of para-hydroxylation sites is 1. The molecule has 6 aromatic rings. The SMILES string of the molecule is CCCC[C@H]1C(=O)N(C)[C@@H](CCCC)C(=O)N[C@@H](CCCNC(=N)N)C(=O)N[C@H](C(=O)NCC(N)=O)CSCC(=O)N[C@@H](Cc2ccccc2)C(=O)N(C)[C@@H](C)C(=O)N[C@@H](CC(N)O)C(=O)N2CCC[C@H]2C(=O)N[C@@H](Cc2cnc[nH]2)C(=O)N[C@@H](CC(C)C)C(=O)N(C)CC(=O)N[C@@H](CCc2c[nH]c3ccccc23)C(=O)N[C@@H](CO)C(=O)N[C@@H](Cc2c[nH]c3ncccc23)C(=O)N1C. The number of likely N-dealkylation sites (N-methyl/N-ethyl adjacent to an activating group) is 4. The Morgan fingerprint density at radius 3 is 1.85 bits per heavy atom. The number of imidazole rings is 1. The van der Waals surface area contributed by atoms with E-state index in [2.05, 4.69) is 83.4 Å². The number of hydrogen-bond donors (Lipinski definition) is 20. The maximum atomic E-state index is 15.7. The van der Waals surface area contributed by atoms with Crippen molar-refractivity contribution >= 4 is 134 Å². The lowest BCUT2D eigenvalue weighted by Crippen LogP contribution is -2.61. The molecular weight excluding hydrogens is 1740 g/mol. The van der Waals surface area contributed by atoms with E-state index in [1.165, 1.54) is 53.8 Å². The molecule has 2 fully saturated rings. The predicted molar refractivity (Wildman–Crippen MR) is 493 cm³/mol. The molecular formula is C89H129N25O18S. The number of rotatable bonds is 27. The zero-order valence-electron chi connectivity index (χ0n) is 76.6. The van der Waals surface area contributed by atoms with Crippen LogP contribution in [0.15, 0.2) is 97.8 Å². The highest BCUT2D eigenvalue weighted by Crippen LogP contribution is 2.26. The molecule has 0 bridgehead atoms. The third-order valence-corrected chi connectivity index (χ3v) is 24.4. The van der Waals surface area contributed by atoms with Crippen LogP contribution in [0.2, 0.25) is 0 Å². The van der Waals surface area contributed by atoms with Gasteiger partial charge in [0.05, 0.1) is 31.8 Å². The molecule has 0 aliphatic carbocycles. The van der Waals surface area contributed by atoms with Crippen LogP contribution in [-0.4, -0.2) is 317 Å². The summed E-state index contributed by atoms with van der Waals surface area (Å²) in [7, 11) is 5.27. The number of aliphatic hydroxyl groups excluding tert-OH is 2. The summed E-state index contributed by atoms with van der Waals surface area (Å²) in [6.45, 7) is 6.01. The third kappa shape index (κ3) is 31.0. The van der Waals surface area contributed by atoms with E-state index in [-0.39, 0.29) is 96.1 Å². The van der Waals surface area contributed by atoms with Gasteiger partial charge in [0.1, 0.15) is 90.4 Å². The molecule has 6 heterocycles. The molecule has 1 unspecified atom stereocenters. The van der Waals surface area contributed by atoms with Crippen LogP contribution in [0, 0.1) is 11.3 Å². The van der Waals surface area contributed by atoms with Gasteiger partial charge < -0.3 is 125 Å². The number of aliphatic hydroxyl groups is 2. The molecule has 8 rings (SSSR count). The number of carbonyl (C=O) groups is 16. The number of aromatic amines is 3. The predicted octanol–water partition coefficient (Wildman–Crippen LogP) is -2.56. The molecule has 2 aliphatic heterocycles. The number of benzene rings is 2. The second kappa shape index (κ2) is 51.6. The number of nitrogens with zero attached hydrogens (tertiary/aromatic N) is 7. The summed E-state index contributed by atoms with van der Waals surface area (Å²) < 4.78 is 0. The van der Waals surface area contributed by atoms with Crippen molar-refractivity contribution in [1.82, 2.24) is 108 Å². The first-order valence-corrected chi connectivity index (χ1v) is 45.9. The minimum absolute atomic E-state index is 0.000901. The molecule has 2 aromatic carbocycles. The summed E-state index contributed by atoms with van der Waals surface area (Å²) in [6.07, 6.45) is 6.33. The van der Waals surface area contributed by atoms with E-state index in [1.807, 2.05) is 38.1 Å². The number of carbonyl (C=O) groups excluding carboxylic acids is 16. The first kappa shape index (κ1) is 105. The summed E-state index contributed by atoms with van der Waals surface area (Å²) in [5, 5.41) is 60.2. The number of H-pyrrole nitrogens is 3. The standard InChI is InChI=1S/C89H129N25O18S/c1-10-12-28-68-82(126)103-59(27-20-34-96-89(92)93)78(122)109-67(77(121)99-44-72(91)117)47-133-48-74(119)102-63(37-52-22-15-14-16-23-52)85(129)111(7)51(5)76(120)105-65(40-71(90)116)87(131)114-35-21-30-69(114)83(127)104-61(39-55-43-94-49-100-55)80(124)106-62(36-50(3)4)84(128)110(6)45-73(118)101-60(32-31-53-41-97-58-26-18-17-24-56(53)58)79(123)108-66(46-115)81(125)107-64(38-54-42-98-75-57(54)25-19-33-95-75)86(130)113(9)70(29-13-11-2)88(132)112(68)8/h14-19,22-26,33,41-43,49-51,59-71,97,115-116H,10-13,20-21,27-32,34-40,44-48,90H2,1-9H3,(H2,91,117)(H,94,100)(H,95,98)(H,99,121)(H,101,118)(H,102,119)(H,103,126)(H,104,127)(H,105,120)(H,106,124)(H,107,125)(H,108,123)(H,109,122)(H4,92,93,96)/t51-,59-,60-,61-,62-,63-,64-,65-,66-,67-,68-,69-,70-,71?/m0/s1. The van der Waals surface area contributed by atoms with Crippen molar-refractivity contribution in [2.45, 2.75) is 229 Å². The van der Waals surface area contributed by atoms with Gasteiger partial charge in [0.25, 0.3) is 0 Å². The topological polar surface area (TPSA) is 637 Å². The van der Waals surface area contributed by atoms with Crippen LogP contribution in [0.3, 0.4) is 0 Å². The van der Waals surface area contributed by atoms with Gasteiger partial charge in [-0.15, -0.1) is 11.8 Å². The minimum atomic E-state index is -1.85. The Bertz CT molecular complexity index is 5010. The third-order valence-electron chi connectivity index (χ3n) is 23.4. The molecule has 0 saturated carbocycles. The van der Waals surface area contributed by atoms with E-state index < -0.39 is 223 Å². The summed E-state index contributed by atoms with van der Waals surface area (Å²) in [5.41, 5.74) is 20.3. The van der Waals surface area contributed by atoms with E-state index in [9.17, 15) is 63.0 Å². The minimum Gasteiger partial charge on any atom is -0.394 e. The average Bonchev–Trinajstić information content (AvgIpc) is 1.63. The van der Waals surface area contributed by atoms with E-state index in [4.69, 9.17) is 22.6 Å². The fourth-order valence-electron chi connectivity index (χ4n) is 15.9. The summed E-state index contributed by atoms with van der Waals surface area (Å²) in [5.74, 6) is -15.9. The Kier molecular flexibility index (Phi) is 40.9. The van der Waals surface area contributed by atoms with Crippen molar-refractivity contribution in [2.24, 2.45) is 23.1 Å². The molecule has 23 N–H and O–H groups in total. The second-order valence-corrected chi connectivity index (χ2v) is 35.0. The van der Waals surface area contributed by atoms with Crippen LogP contribution in [0.4, 0.5) is 0 Å². The van der Waals surface area contributed by atoms with Crippen LogP contribution in [0.1, 0.15) is 140 Å². The zero-order chi connectivity index (χ0) is 97.3. The van der Waals surface area contributed by atoms with E-state index in [0.717, 1.165) is 52.7 Å². The smallest absolute Gasteiger partial charge is 0.245 e. The van der Waals surface area contributed by atoms with E-state index >= 15 is 24.0 Å². The van der Waals surface area contributed by atoms with Crippen molar-refractivity contribution < 1.29 is 86.9 Å². The number of unbranched alkanes of at least 4 members (excludes halogenated alkanes) is 2. The summed E-state index contributed by atoms with van der Waals surface area (Å²) in [4.78, 5) is 259. The average molecular weight is 1870 g/mol. The van der Waals surface area contributed by atoms with Crippen molar-refractivity contribution in [3.8, 4) is 0 Å². The molecule has 724 valence electrons. The monoisotopic (exact) mass is 1870 g/mol. The van der Waals surface area contributed by atoms with Crippen molar-refractivity contribution in [1.29, 1.82) is 5.41 Å². The lowest BCUT2D eigenvalue weighted by molar-refractivity contribution is -0.149. The van der Waals surface area contributed by atoms with Gasteiger partial charge in [-0.05, 0) is 106 Å². The molecule has 44 heteroatoms. The second-order valence-electron chi connectivity index (χ2n) is 34.0. The number of nitrogens with two attached hydrogens (primary N) is 3. The Morgan fingerprint density at radius 1 is 0.579 bits per heavy atom. The largest absolute Gasteiger partial charge is 0.394 e. The van der Waals surface area contributed by atoms with Crippen LogP contribution in [-0.2, 0) is 102 Å². The fraction of sp³-hybridized carbons (Fsp3) is 0.539. The summed E-state index contributed by atoms with van der Waals surface area (Å²) in [6, 6.07) is -0.323. The quantitative estimate of drug-likeness (QED) is 0.0109. The maximum absolute atomic E-state index is 15.7. The van der Waals surface area contributed by atoms with Gasteiger partial charge in [-0.2, -0.15) is 0 Å². The number of fused-ring (bicyclic) bond motifs is 3. The Balaban J connectivity index is 1.18. The lowest BCUT2D eigenvalue weighted by Gasteiger charge is -2.36. The molecule has 133 heavy (non-hydrogen) atoms. The van der Waals surface area contributed by atoms with Gasteiger partial charge in [0, 0.05) is 119 Å². The highest BCUT2D eigenvalue weighted by molar-refractivity contribution is 8.00. The molecule has 14 atom stereocenters. The number of pyridine rings is 1. The molecule has 4 aromatic heterocycles. The number of thioether (sulfide) groups is 1. The van der Waals surface area contributed by atoms with Crippen molar-refractivity contribution in [3.05, 3.63) is 120 Å². The number of aryl methyl sites for hydroxylation is 1. The van der Waals surface area contributed by atoms with Crippen LogP contribution in [0.5, 0.6) is 0 Å². The molecule has 2 aliphatic rings. The number of amides is 16. The number of hydrogen-bond acceptors (Lipinski definition) is 23. The van der Waals surface area contributed by atoms with Gasteiger partial charge >= 0.3 is 0 Å². The maximum Gasteiger partial charge on any atom is 0.245 e. The van der Waals surface area contributed by atoms with Crippen molar-refractivity contribution in [2.75, 3.05) is 72.5 Å². The first-order valence-electron chi connectivity index (χ1n) is 44.7. The van der Waals surface area contributed by atoms with Crippen LogP contribution < -0.4 is 75.7 Å². The van der Waals surface area contributed by atoms with Gasteiger partial charge in [-0.1, -0.05) is 102 Å². The highest BCUT2D eigenvalue weighted by Gasteiger charge is 2.44. The van der Waals surface area contributed by atoms with E-state index in [1.54, 1.807) is 68.7 Å². The van der Waals surface area contributed by atoms with Gasteiger partial charge in [-0.3, -0.25) is 82.1 Å². The van der Waals surface area contributed by atoms with Gasteiger partial charge in [-0.25, -0.2) is 9.97 Å². The number of guanidine groups is 1. The Hall–Kier alpha value is -13.1. The molecule has 2 saturated heterocycles. The molecule has 0 radical (unpaired) electrons. The normalized spacial score (nSPS) is 23.7. The molecule has 0 spiro atoms. The first-order chi connectivity index (χ1) is 63.4. The van der Waals surface area contributed by atoms with Crippen LogP contribution in [0.25, 0.3) is 21.9 Å². The molecule has 16 amide bonds. The summed E-state index contributed by atoms with van der Waals surface area (Å²) >= 11 is 0.800.